The Morgan fingerprint density at radius 3 is 3.00 bits per heavy atom. The van der Waals surface area contributed by atoms with Crippen molar-refractivity contribution in [2.75, 3.05) is 40.0 Å². The molecular weight excluding hydrogens is 281 g/mol. The van der Waals surface area contributed by atoms with Gasteiger partial charge in [-0.3, -0.25) is 0 Å². The van der Waals surface area contributed by atoms with Crippen LogP contribution in [-0.4, -0.2) is 40.0 Å². The minimum Gasteiger partial charge on any atom is -0.383 e. The topological polar surface area (TPSA) is 30.5 Å². The summed E-state index contributed by atoms with van der Waals surface area (Å²) in [6.45, 7) is 3.83. The van der Waals surface area contributed by atoms with Crippen LogP contribution in [0.1, 0.15) is 12.0 Å². The Kier molecular flexibility index (Phi) is 5.78. The lowest BCUT2D eigenvalue weighted by atomic mass is 9.81. The molecule has 1 fully saturated rings. The monoisotopic (exact) mass is 301 g/mol. The Bertz CT molecular complexity index is 436. The summed E-state index contributed by atoms with van der Waals surface area (Å²) in [5.41, 5.74) is 1.02. The van der Waals surface area contributed by atoms with Crippen molar-refractivity contribution in [2.45, 2.75) is 12.8 Å². The van der Waals surface area contributed by atoms with Crippen molar-refractivity contribution in [2.24, 2.45) is 5.41 Å². The fourth-order valence-corrected chi connectivity index (χ4v) is 2.82. The highest BCUT2D eigenvalue weighted by atomic mass is 35.5. The van der Waals surface area contributed by atoms with Gasteiger partial charge in [0.25, 0.3) is 0 Å². The molecule has 1 aliphatic rings. The molecule has 1 aliphatic heterocycles. The molecule has 20 heavy (non-hydrogen) atoms. The van der Waals surface area contributed by atoms with Gasteiger partial charge < -0.3 is 14.8 Å². The molecule has 1 heterocycles. The third-order valence-corrected chi connectivity index (χ3v) is 4.10. The van der Waals surface area contributed by atoms with Crippen LogP contribution >= 0.6 is 11.6 Å². The van der Waals surface area contributed by atoms with Crippen molar-refractivity contribution < 1.29 is 13.9 Å². The number of hydrogen-bond acceptors (Lipinski definition) is 3. The van der Waals surface area contributed by atoms with Crippen molar-refractivity contribution in [3.63, 3.8) is 0 Å². The Morgan fingerprint density at radius 2 is 2.35 bits per heavy atom. The van der Waals surface area contributed by atoms with E-state index in [1.807, 2.05) is 0 Å². The van der Waals surface area contributed by atoms with Gasteiger partial charge in [-0.1, -0.05) is 17.7 Å². The van der Waals surface area contributed by atoms with E-state index in [1.165, 1.54) is 12.1 Å². The summed E-state index contributed by atoms with van der Waals surface area (Å²) in [5.74, 6) is -0.298. The molecule has 0 aromatic heterocycles. The van der Waals surface area contributed by atoms with Crippen LogP contribution in [0.15, 0.2) is 18.2 Å². The van der Waals surface area contributed by atoms with Gasteiger partial charge in [0.1, 0.15) is 5.82 Å². The lowest BCUT2D eigenvalue weighted by Gasteiger charge is -2.28. The first-order valence-electron chi connectivity index (χ1n) is 6.87. The molecule has 1 saturated heterocycles. The normalized spacial score (nSPS) is 22.4. The quantitative estimate of drug-likeness (QED) is 0.786. The van der Waals surface area contributed by atoms with Crippen LogP contribution in [0.3, 0.4) is 0 Å². The second-order valence-corrected chi connectivity index (χ2v) is 5.79. The molecule has 0 bridgehead atoms. The number of halogens is 2. The summed E-state index contributed by atoms with van der Waals surface area (Å²) in [6, 6.07) is 4.61. The summed E-state index contributed by atoms with van der Waals surface area (Å²) in [5, 5.41) is 3.89. The molecule has 5 heteroatoms. The molecule has 0 amide bonds. The third kappa shape index (κ3) is 4.16. The zero-order valence-electron chi connectivity index (χ0n) is 11.8. The average molecular weight is 302 g/mol. The fraction of sp³-hybridized carbons (Fsp3) is 0.600. The fourth-order valence-electron chi connectivity index (χ4n) is 2.59. The lowest BCUT2D eigenvalue weighted by molar-refractivity contribution is 0.145. The molecule has 3 nitrogen and oxygen atoms in total. The number of nitrogens with one attached hydrogen (secondary N) is 1. The zero-order valence-corrected chi connectivity index (χ0v) is 12.5. The van der Waals surface area contributed by atoms with E-state index in [4.69, 9.17) is 21.1 Å². The number of benzene rings is 1. The van der Waals surface area contributed by atoms with Gasteiger partial charge in [0.05, 0.1) is 13.2 Å². The largest absolute Gasteiger partial charge is 0.383 e. The molecule has 1 aromatic carbocycles. The van der Waals surface area contributed by atoms with Gasteiger partial charge in [0.15, 0.2) is 0 Å². The van der Waals surface area contributed by atoms with Crippen molar-refractivity contribution in [3.05, 3.63) is 34.6 Å². The standard InChI is InChI=1S/C15H21ClFNO2/c1-19-7-5-18-10-15(4-6-20-11-15)9-12-2-3-13(17)8-14(12)16/h2-3,8,18H,4-7,9-11H2,1H3. The summed E-state index contributed by atoms with van der Waals surface area (Å²) in [6.07, 6.45) is 1.78. The van der Waals surface area contributed by atoms with E-state index in [1.54, 1.807) is 13.2 Å². The number of ether oxygens (including phenoxy) is 2. The van der Waals surface area contributed by atoms with E-state index in [9.17, 15) is 4.39 Å². The lowest BCUT2D eigenvalue weighted by Crippen LogP contribution is -2.38. The number of methoxy groups -OCH3 is 1. The average Bonchev–Trinajstić information content (AvgIpc) is 2.87. The van der Waals surface area contributed by atoms with Crippen molar-refractivity contribution in [3.8, 4) is 0 Å². The first-order valence-corrected chi connectivity index (χ1v) is 7.24. The molecule has 2 rings (SSSR count). The Labute approximate surface area is 124 Å². The van der Waals surface area contributed by atoms with Gasteiger partial charge in [-0.2, -0.15) is 0 Å². The SMILES string of the molecule is COCCNCC1(Cc2ccc(F)cc2Cl)CCOC1. The first-order chi connectivity index (χ1) is 9.65. The van der Waals surface area contributed by atoms with Crippen molar-refractivity contribution >= 4 is 11.6 Å². The van der Waals surface area contributed by atoms with Crippen molar-refractivity contribution in [1.29, 1.82) is 0 Å². The van der Waals surface area contributed by atoms with Crippen LogP contribution in [0.4, 0.5) is 4.39 Å². The van der Waals surface area contributed by atoms with E-state index in [0.29, 0.717) is 18.2 Å². The zero-order chi connectivity index (χ0) is 14.4. The minimum atomic E-state index is -0.298. The maximum absolute atomic E-state index is 13.1. The maximum Gasteiger partial charge on any atom is 0.124 e. The predicted octanol–water partition coefficient (Wildman–Crippen LogP) is 2.66. The molecule has 1 atom stereocenters. The molecule has 0 saturated carbocycles. The van der Waals surface area contributed by atoms with E-state index in [-0.39, 0.29) is 11.2 Å². The Morgan fingerprint density at radius 1 is 1.50 bits per heavy atom. The van der Waals surface area contributed by atoms with E-state index in [0.717, 1.165) is 38.1 Å². The first kappa shape index (κ1) is 15.7. The van der Waals surface area contributed by atoms with Crippen LogP contribution in [0.2, 0.25) is 5.02 Å². The van der Waals surface area contributed by atoms with Crippen molar-refractivity contribution in [1.82, 2.24) is 5.32 Å². The maximum atomic E-state index is 13.1. The van der Waals surface area contributed by atoms with Crippen LogP contribution in [-0.2, 0) is 15.9 Å². The summed E-state index contributed by atoms with van der Waals surface area (Å²) in [7, 11) is 1.69. The van der Waals surface area contributed by atoms with Crippen LogP contribution in [0.5, 0.6) is 0 Å². The summed E-state index contributed by atoms with van der Waals surface area (Å²) in [4.78, 5) is 0. The highest BCUT2D eigenvalue weighted by Gasteiger charge is 2.35. The highest BCUT2D eigenvalue weighted by molar-refractivity contribution is 6.31. The minimum absolute atomic E-state index is 0.0369. The Balaban J connectivity index is 2.01. The van der Waals surface area contributed by atoms with E-state index >= 15 is 0 Å². The molecule has 1 unspecified atom stereocenters. The molecule has 1 N–H and O–H groups in total. The molecule has 1 aromatic rings. The van der Waals surface area contributed by atoms with E-state index in [2.05, 4.69) is 5.32 Å². The van der Waals surface area contributed by atoms with Gasteiger partial charge >= 0.3 is 0 Å². The number of rotatable bonds is 7. The van der Waals surface area contributed by atoms with Gasteiger partial charge in [-0.05, 0) is 30.5 Å². The van der Waals surface area contributed by atoms with E-state index < -0.39 is 0 Å². The second kappa shape index (κ2) is 7.36. The molecule has 112 valence electrons. The molecule has 0 spiro atoms. The van der Waals surface area contributed by atoms with Crippen LogP contribution in [0.25, 0.3) is 0 Å². The van der Waals surface area contributed by atoms with Gasteiger partial charge in [0, 0.05) is 37.2 Å². The molecule has 0 radical (unpaired) electrons. The van der Waals surface area contributed by atoms with Gasteiger partial charge in [-0.25, -0.2) is 4.39 Å². The second-order valence-electron chi connectivity index (χ2n) is 5.38. The Hall–Kier alpha value is -0.680. The molecule has 0 aliphatic carbocycles. The number of hydrogen-bond donors (Lipinski definition) is 1. The summed E-state index contributed by atoms with van der Waals surface area (Å²) >= 11 is 6.13. The summed E-state index contributed by atoms with van der Waals surface area (Å²) < 4.78 is 23.7. The predicted molar refractivity (Wildman–Crippen MR) is 77.7 cm³/mol. The van der Waals surface area contributed by atoms with Gasteiger partial charge in [-0.15, -0.1) is 0 Å². The smallest absolute Gasteiger partial charge is 0.124 e. The highest BCUT2D eigenvalue weighted by Crippen LogP contribution is 2.34. The third-order valence-electron chi connectivity index (χ3n) is 3.75. The van der Waals surface area contributed by atoms with Gasteiger partial charge in [0.2, 0.25) is 0 Å². The molecular formula is C15H21ClFNO2. The van der Waals surface area contributed by atoms with Crippen LogP contribution < -0.4 is 5.32 Å². The van der Waals surface area contributed by atoms with Crippen LogP contribution in [0, 0.1) is 11.2 Å².